The zero-order valence-electron chi connectivity index (χ0n) is 17.0. The first kappa shape index (κ1) is 23.7. The van der Waals surface area contributed by atoms with E-state index in [0.29, 0.717) is 22.2 Å². The minimum Gasteiger partial charge on any atom is -0.354 e. The van der Waals surface area contributed by atoms with E-state index in [0.717, 1.165) is 9.87 Å². The molecule has 0 heterocycles. The molecule has 1 amide bonds. The number of amides is 1. The van der Waals surface area contributed by atoms with Crippen LogP contribution in [0.4, 0.5) is 0 Å². The van der Waals surface area contributed by atoms with Crippen LogP contribution in [-0.4, -0.2) is 31.7 Å². The van der Waals surface area contributed by atoms with Crippen LogP contribution in [0, 0.1) is 12.3 Å². The maximum atomic E-state index is 13.2. The first-order valence-corrected chi connectivity index (χ1v) is 11.4. The second-order valence-electron chi connectivity index (χ2n) is 8.17. The molecule has 8 heteroatoms. The van der Waals surface area contributed by atoms with E-state index in [1.54, 1.807) is 42.5 Å². The van der Waals surface area contributed by atoms with Gasteiger partial charge in [0.25, 0.3) is 0 Å². The minimum atomic E-state index is -3.89. The number of hydrogen-bond donors (Lipinski definition) is 1. The topological polar surface area (TPSA) is 66.5 Å². The van der Waals surface area contributed by atoms with Gasteiger partial charge in [-0.2, -0.15) is 4.31 Å². The Balaban J connectivity index is 2.32. The number of carbonyl (C=O) groups is 1. The van der Waals surface area contributed by atoms with Gasteiger partial charge in [0.05, 0.1) is 21.5 Å². The number of carbonyl (C=O) groups excluding carboxylic acids is 1. The number of sulfonamides is 1. The van der Waals surface area contributed by atoms with Crippen molar-refractivity contribution in [2.24, 2.45) is 5.41 Å². The van der Waals surface area contributed by atoms with E-state index in [9.17, 15) is 13.2 Å². The smallest absolute Gasteiger partial charge is 0.243 e. The van der Waals surface area contributed by atoms with E-state index in [1.807, 2.05) is 27.7 Å². The molecule has 2 aromatic carbocycles. The molecule has 0 bridgehead atoms. The molecule has 0 aliphatic rings. The number of aryl methyl sites for hydroxylation is 1. The molecule has 0 aliphatic heterocycles. The number of nitrogens with one attached hydrogen (secondary N) is 1. The standard InChI is InChI=1S/C21H26Cl2N2O3S/c1-15-5-8-17(9-6-15)29(27,28)25(13-20(26)24-14-21(2,3)4)12-16-7-10-18(22)19(23)11-16/h5-11H,12-14H2,1-4H3,(H,24,26). The van der Waals surface area contributed by atoms with Gasteiger partial charge in [0.2, 0.25) is 15.9 Å². The van der Waals surface area contributed by atoms with Crippen LogP contribution in [0.15, 0.2) is 47.4 Å². The van der Waals surface area contributed by atoms with Gasteiger partial charge >= 0.3 is 0 Å². The predicted molar refractivity (Wildman–Crippen MR) is 118 cm³/mol. The van der Waals surface area contributed by atoms with Crippen LogP contribution in [0.3, 0.4) is 0 Å². The van der Waals surface area contributed by atoms with Crippen molar-refractivity contribution in [3.63, 3.8) is 0 Å². The molecule has 0 atom stereocenters. The van der Waals surface area contributed by atoms with E-state index in [2.05, 4.69) is 5.32 Å². The third-order valence-corrected chi connectivity index (χ3v) is 6.68. The van der Waals surface area contributed by atoms with Gasteiger partial charge in [-0.15, -0.1) is 0 Å². The Morgan fingerprint density at radius 1 is 1.03 bits per heavy atom. The summed E-state index contributed by atoms with van der Waals surface area (Å²) in [7, 11) is -3.89. The summed E-state index contributed by atoms with van der Waals surface area (Å²) >= 11 is 12.0. The van der Waals surface area contributed by atoms with Gasteiger partial charge in [-0.25, -0.2) is 8.42 Å². The van der Waals surface area contributed by atoms with Crippen LogP contribution in [-0.2, 0) is 21.4 Å². The fourth-order valence-corrected chi connectivity index (χ4v) is 4.21. The molecule has 0 aromatic heterocycles. The molecular weight excluding hydrogens is 431 g/mol. The Labute approximate surface area is 183 Å². The number of nitrogens with zero attached hydrogens (tertiary/aromatic N) is 1. The van der Waals surface area contributed by atoms with Gasteiger partial charge in [-0.05, 0) is 42.2 Å². The summed E-state index contributed by atoms with van der Waals surface area (Å²) in [4.78, 5) is 12.6. The van der Waals surface area contributed by atoms with Crippen LogP contribution in [0.2, 0.25) is 10.0 Å². The van der Waals surface area contributed by atoms with Crippen molar-refractivity contribution in [2.75, 3.05) is 13.1 Å². The van der Waals surface area contributed by atoms with Crippen LogP contribution in [0.1, 0.15) is 31.9 Å². The second kappa shape index (κ2) is 9.47. The Kier molecular flexibility index (Phi) is 7.74. The highest BCUT2D eigenvalue weighted by Gasteiger charge is 2.27. The number of benzene rings is 2. The predicted octanol–water partition coefficient (Wildman–Crippen LogP) is 4.66. The second-order valence-corrected chi connectivity index (χ2v) is 10.9. The molecule has 0 aliphatic carbocycles. The Morgan fingerprint density at radius 2 is 1.66 bits per heavy atom. The average Bonchev–Trinajstić information content (AvgIpc) is 2.62. The van der Waals surface area contributed by atoms with Gasteiger partial charge in [-0.1, -0.05) is 67.7 Å². The van der Waals surface area contributed by atoms with Gasteiger partial charge in [0.1, 0.15) is 0 Å². The fraction of sp³-hybridized carbons (Fsp3) is 0.381. The number of halogens is 2. The molecule has 0 saturated heterocycles. The van der Waals surface area contributed by atoms with E-state index in [1.165, 1.54) is 0 Å². The largest absolute Gasteiger partial charge is 0.354 e. The Bertz CT molecular complexity index is 968. The first-order chi connectivity index (χ1) is 13.4. The first-order valence-electron chi connectivity index (χ1n) is 9.16. The van der Waals surface area contributed by atoms with E-state index < -0.39 is 10.0 Å². The lowest BCUT2D eigenvalue weighted by molar-refractivity contribution is -0.121. The third-order valence-electron chi connectivity index (χ3n) is 4.14. The Hall–Kier alpha value is -1.60. The molecule has 0 spiro atoms. The highest BCUT2D eigenvalue weighted by Crippen LogP contribution is 2.25. The lowest BCUT2D eigenvalue weighted by Crippen LogP contribution is -2.42. The summed E-state index contributed by atoms with van der Waals surface area (Å²) in [5.41, 5.74) is 1.47. The summed E-state index contributed by atoms with van der Waals surface area (Å²) in [6.07, 6.45) is 0. The van der Waals surface area contributed by atoms with Gasteiger partial charge < -0.3 is 5.32 Å². The molecule has 0 saturated carbocycles. The van der Waals surface area contributed by atoms with Crippen molar-refractivity contribution in [1.82, 2.24) is 9.62 Å². The molecule has 0 unspecified atom stereocenters. The minimum absolute atomic E-state index is 0.00393. The van der Waals surface area contributed by atoms with Crippen molar-refractivity contribution in [1.29, 1.82) is 0 Å². The molecule has 158 valence electrons. The SMILES string of the molecule is Cc1ccc(S(=O)(=O)N(CC(=O)NCC(C)(C)C)Cc2ccc(Cl)c(Cl)c2)cc1. The van der Waals surface area contributed by atoms with Gasteiger partial charge in [0, 0.05) is 13.1 Å². The highest BCUT2D eigenvalue weighted by molar-refractivity contribution is 7.89. The van der Waals surface area contributed by atoms with Crippen LogP contribution in [0.25, 0.3) is 0 Å². The van der Waals surface area contributed by atoms with Crippen molar-refractivity contribution < 1.29 is 13.2 Å². The fourth-order valence-electron chi connectivity index (χ4n) is 2.51. The zero-order valence-corrected chi connectivity index (χ0v) is 19.3. The van der Waals surface area contributed by atoms with Crippen molar-refractivity contribution in [2.45, 2.75) is 39.1 Å². The maximum absolute atomic E-state index is 13.2. The molecule has 2 rings (SSSR count). The van der Waals surface area contributed by atoms with Gasteiger partial charge in [-0.3, -0.25) is 4.79 Å². The normalized spacial score (nSPS) is 12.2. The van der Waals surface area contributed by atoms with Crippen LogP contribution < -0.4 is 5.32 Å². The molecule has 0 fully saturated rings. The van der Waals surface area contributed by atoms with Crippen LogP contribution >= 0.6 is 23.2 Å². The monoisotopic (exact) mass is 456 g/mol. The molecular formula is C21H26Cl2N2O3S. The van der Waals surface area contributed by atoms with Crippen molar-refractivity contribution >= 4 is 39.1 Å². The Morgan fingerprint density at radius 3 is 2.21 bits per heavy atom. The quantitative estimate of drug-likeness (QED) is 0.658. The summed E-state index contributed by atoms with van der Waals surface area (Å²) in [5.74, 6) is -0.365. The maximum Gasteiger partial charge on any atom is 0.243 e. The lowest BCUT2D eigenvalue weighted by atomic mass is 9.97. The van der Waals surface area contributed by atoms with Crippen LogP contribution in [0.5, 0.6) is 0 Å². The summed E-state index contributed by atoms with van der Waals surface area (Å²) in [5, 5.41) is 3.51. The third kappa shape index (κ3) is 7.00. The molecule has 29 heavy (non-hydrogen) atoms. The number of rotatable bonds is 7. The molecule has 0 radical (unpaired) electrons. The van der Waals surface area contributed by atoms with E-state index >= 15 is 0 Å². The number of hydrogen-bond acceptors (Lipinski definition) is 3. The summed E-state index contributed by atoms with van der Waals surface area (Å²) in [6, 6.07) is 11.4. The van der Waals surface area contributed by atoms with Gasteiger partial charge in [0.15, 0.2) is 0 Å². The molecule has 2 aromatic rings. The van der Waals surface area contributed by atoms with E-state index in [-0.39, 0.29) is 29.3 Å². The lowest BCUT2D eigenvalue weighted by Gasteiger charge is -2.24. The average molecular weight is 457 g/mol. The van der Waals surface area contributed by atoms with Crippen molar-refractivity contribution in [3.8, 4) is 0 Å². The molecule has 5 nitrogen and oxygen atoms in total. The highest BCUT2D eigenvalue weighted by atomic mass is 35.5. The zero-order chi connectivity index (χ0) is 21.8. The van der Waals surface area contributed by atoms with Crippen molar-refractivity contribution in [3.05, 3.63) is 63.6 Å². The molecule has 1 N–H and O–H groups in total. The van der Waals surface area contributed by atoms with E-state index in [4.69, 9.17) is 23.2 Å². The summed E-state index contributed by atoms with van der Waals surface area (Å²) in [6.45, 7) is 7.99. The summed E-state index contributed by atoms with van der Waals surface area (Å²) < 4.78 is 27.6.